The number of hydrogen-bond donors (Lipinski definition) is 1. The van der Waals surface area contributed by atoms with Crippen LogP contribution >= 0.6 is 0 Å². The molecule has 0 aromatic carbocycles. The van der Waals surface area contributed by atoms with E-state index in [0.717, 1.165) is 0 Å². The Morgan fingerprint density at radius 2 is 2.07 bits per heavy atom. The average molecular weight is 194 g/mol. The van der Waals surface area contributed by atoms with Crippen LogP contribution in [0.25, 0.3) is 0 Å². The summed E-state index contributed by atoms with van der Waals surface area (Å²) in [7, 11) is 1.71. The maximum absolute atomic E-state index is 11.7. The molecule has 1 aromatic heterocycles. The fourth-order valence-corrected chi connectivity index (χ4v) is 0.997. The summed E-state index contributed by atoms with van der Waals surface area (Å²) in [5.41, 5.74) is 0.0710. The second kappa shape index (κ2) is 4.09. The third kappa shape index (κ3) is 2.22. The lowest BCUT2D eigenvalue weighted by Gasteiger charge is -2.20. The van der Waals surface area contributed by atoms with Gasteiger partial charge in [0.05, 0.1) is 0 Å². The van der Waals surface area contributed by atoms with Gasteiger partial charge in [-0.3, -0.25) is 9.59 Å². The van der Waals surface area contributed by atoms with Crippen LogP contribution in [-0.2, 0) is 0 Å². The largest absolute Gasteiger partial charge is 0.338 e. The zero-order valence-electron chi connectivity index (χ0n) is 8.57. The van der Waals surface area contributed by atoms with E-state index in [1.54, 1.807) is 24.1 Å². The molecule has 4 nitrogen and oxygen atoms in total. The van der Waals surface area contributed by atoms with Crippen LogP contribution < -0.4 is 5.56 Å². The standard InChI is InChI=1S/C10H14N2O2/c1-7(2)12(3)10(14)8-5-4-6-9(13)11-8/h4-7H,1-3H3,(H,11,13). The van der Waals surface area contributed by atoms with Crippen molar-refractivity contribution in [3.8, 4) is 0 Å². The zero-order chi connectivity index (χ0) is 10.7. The fraction of sp³-hybridized carbons (Fsp3) is 0.400. The van der Waals surface area contributed by atoms with Gasteiger partial charge in [0.1, 0.15) is 5.69 Å². The van der Waals surface area contributed by atoms with Crippen LogP contribution in [0.15, 0.2) is 23.0 Å². The van der Waals surface area contributed by atoms with Gasteiger partial charge in [-0.05, 0) is 19.9 Å². The normalized spacial score (nSPS) is 10.3. The molecule has 0 aliphatic carbocycles. The average Bonchev–Trinajstić information content (AvgIpc) is 2.15. The van der Waals surface area contributed by atoms with Crippen LogP contribution in [0.3, 0.4) is 0 Å². The number of H-pyrrole nitrogens is 1. The van der Waals surface area contributed by atoms with Crippen molar-refractivity contribution >= 4 is 5.91 Å². The van der Waals surface area contributed by atoms with E-state index in [-0.39, 0.29) is 17.5 Å². The highest BCUT2D eigenvalue weighted by Gasteiger charge is 2.14. The van der Waals surface area contributed by atoms with E-state index < -0.39 is 0 Å². The smallest absolute Gasteiger partial charge is 0.270 e. The Morgan fingerprint density at radius 1 is 1.43 bits per heavy atom. The van der Waals surface area contributed by atoms with Crippen molar-refractivity contribution in [2.45, 2.75) is 19.9 Å². The molecule has 14 heavy (non-hydrogen) atoms. The Kier molecular flexibility index (Phi) is 3.06. The number of rotatable bonds is 2. The third-order valence-corrected chi connectivity index (χ3v) is 2.09. The lowest BCUT2D eigenvalue weighted by molar-refractivity contribution is 0.0748. The summed E-state index contributed by atoms with van der Waals surface area (Å²) in [6.07, 6.45) is 0. The van der Waals surface area contributed by atoms with Crippen LogP contribution in [0, 0.1) is 0 Å². The maximum Gasteiger partial charge on any atom is 0.270 e. The molecule has 0 saturated carbocycles. The maximum atomic E-state index is 11.7. The monoisotopic (exact) mass is 194 g/mol. The molecule has 1 aromatic rings. The number of carbonyl (C=O) groups is 1. The van der Waals surface area contributed by atoms with Gasteiger partial charge < -0.3 is 9.88 Å². The molecule has 1 heterocycles. The minimum atomic E-state index is -0.256. The van der Waals surface area contributed by atoms with Crippen molar-refractivity contribution in [3.05, 3.63) is 34.2 Å². The summed E-state index contributed by atoms with van der Waals surface area (Å²) in [5.74, 6) is -0.169. The van der Waals surface area contributed by atoms with Gasteiger partial charge in [-0.2, -0.15) is 0 Å². The molecule has 0 saturated heterocycles. The van der Waals surface area contributed by atoms with E-state index in [1.807, 2.05) is 13.8 Å². The highest BCUT2D eigenvalue weighted by atomic mass is 16.2. The van der Waals surface area contributed by atoms with Gasteiger partial charge in [-0.1, -0.05) is 6.07 Å². The van der Waals surface area contributed by atoms with Gasteiger partial charge in [0.2, 0.25) is 5.56 Å². The second-order valence-corrected chi connectivity index (χ2v) is 3.44. The van der Waals surface area contributed by atoms with Gasteiger partial charge in [0.15, 0.2) is 0 Å². The van der Waals surface area contributed by atoms with Crippen molar-refractivity contribution in [2.75, 3.05) is 7.05 Å². The predicted molar refractivity (Wildman–Crippen MR) is 54.3 cm³/mol. The molecule has 0 bridgehead atoms. The Balaban J connectivity index is 2.95. The van der Waals surface area contributed by atoms with Gasteiger partial charge in [0, 0.05) is 19.2 Å². The molecule has 76 valence electrons. The minimum Gasteiger partial charge on any atom is -0.338 e. The topological polar surface area (TPSA) is 53.2 Å². The number of nitrogens with one attached hydrogen (secondary N) is 1. The molecule has 0 aliphatic heterocycles. The Bertz CT molecular complexity index is 382. The molecular formula is C10H14N2O2. The molecular weight excluding hydrogens is 180 g/mol. The molecule has 0 fully saturated rings. The Hall–Kier alpha value is -1.58. The third-order valence-electron chi connectivity index (χ3n) is 2.09. The highest BCUT2D eigenvalue weighted by molar-refractivity contribution is 5.92. The van der Waals surface area contributed by atoms with E-state index in [1.165, 1.54) is 6.07 Å². The Morgan fingerprint density at radius 3 is 2.57 bits per heavy atom. The van der Waals surface area contributed by atoms with E-state index in [9.17, 15) is 9.59 Å². The molecule has 0 spiro atoms. The van der Waals surface area contributed by atoms with Crippen molar-refractivity contribution < 1.29 is 4.79 Å². The Labute approximate surface area is 82.6 Å². The molecule has 0 unspecified atom stereocenters. The molecule has 0 aliphatic rings. The number of carbonyl (C=O) groups excluding carboxylic acids is 1. The summed E-state index contributed by atoms with van der Waals surface area (Å²) in [6, 6.07) is 4.67. The van der Waals surface area contributed by atoms with Crippen molar-refractivity contribution in [1.82, 2.24) is 9.88 Å². The van der Waals surface area contributed by atoms with Gasteiger partial charge in [-0.25, -0.2) is 0 Å². The number of amides is 1. The van der Waals surface area contributed by atoms with Crippen LogP contribution in [0.2, 0.25) is 0 Å². The fourth-order valence-electron chi connectivity index (χ4n) is 0.997. The van der Waals surface area contributed by atoms with Crippen molar-refractivity contribution in [2.24, 2.45) is 0 Å². The van der Waals surface area contributed by atoms with Gasteiger partial charge in [-0.15, -0.1) is 0 Å². The van der Waals surface area contributed by atoms with Gasteiger partial charge >= 0.3 is 0 Å². The summed E-state index contributed by atoms with van der Waals surface area (Å²) in [6.45, 7) is 3.83. The van der Waals surface area contributed by atoms with Gasteiger partial charge in [0.25, 0.3) is 5.91 Å². The second-order valence-electron chi connectivity index (χ2n) is 3.44. The number of aromatic nitrogens is 1. The number of pyridine rings is 1. The van der Waals surface area contributed by atoms with Crippen molar-refractivity contribution in [1.29, 1.82) is 0 Å². The first-order valence-electron chi connectivity index (χ1n) is 4.49. The number of nitrogens with zero attached hydrogens (tertiary/aromatic N) is 1. The van der Waals surface area contributed by atoms with Crippen LogP contribution in [0.5, 0.6) is 0 Å². The predicted octanol–water partition coefficient (Wildman–Crippen LogP) is 0.855. The first kappa shape index (κ1) is 10.5. The van der Waals surface area contributed by atoms with Crippen LogP contribution in [0.1, 0.15) is 24.3 Å². The molecule has 0 radical (unpaired) electrons. The summed E-state index contributed by atoms with van der Waals surface area (Å²) >= 11 is 0. The van der Waals surface area contributed by atoms with E-state index in [4.69, 9.17) is 0 Å². The summed E-state index contributed by atoms with van der Waals surface area (Å²) in [5, 5.41) is 0. The lowest BCUT2D eigenvalue weighted by Crippen LogP contribution is -2.34. The SMILES string of the molecule is CC(C)N(C)C(=O)c1cccc(=O)[nH]1. The molecule has 1 N–H and O–H groups in total. The summed E-state index contributed by atoms with van der Waals surface area (Å²) < 4.78 is 0. The van der Waals surface area contributed by atoms with E-state index in [0.29, 0.717) is 5.69 Å². The minimum absolute atomic E-state index is 0.117. The number of hydrogen-bond acceptors (Lipinski definition) is 2. The van der Waals surface area contributed by atoms with E-state index >= 15 is 0 Å². The quantitative estimate of drug-likeness (QED) is 0.759. The lowest BCUT2D eigenvalue weighted by atomic mass is 10.3. The first-order chi connectivity index (χ1) is 6.52. The molecule has 0 atom stereocenters. The van der Waals surface area contributed by atoms with Crippen LogP contribution in [-0.4, -0.2) is 28.9 Å². The zero-order valence-corrected chi connectivity index (χ0v) is 8.57. The van der Waals surface area contributed by atoms with E-state index in [2.05, 4.69) is 4.98 Å². The van der Waals surface area contributed by atoms with Crippen LogP contribution in [0.4, 0.5) is 0 Å². The summed E-state index contributed by atoms with van der Waals surface area (Å²) in [4.78, 5) is 26.7. The van der Waals surface area contributed by atoms with Crippen molar-refractivity contribution in [3.63, 3.8) is 0 Å². The molecule has 1 rings (SSSR count). The molecule has 1 amide bonds. The number of aromatic amines is 1. The highest BCUT2D eigenvalue weighted by Crippen LogP contribution is 2.01. The molecule has 4 heteroatoms. The first-order valence-corrected chi connectivity index (χ1v) is 4.49.